The van der Waals surface area contributed by atoms with Gasteiger partial charge in [-0.3, -0.25) is 19.6 Å². The van der Waals surface area contributed by atoms with Gasteiger partial charge < -0.3 is 14.2 Å². The van der Waals surface area contributed by atoms with E-state index < -0.39 is 0 Å². The van der Waals surface area contributed by atoms with E-state index in [1.165, 1.54) is 0 Å². The summed E-state index contributed by atoms with van der Waals surface area (Å²) in [7, 11) is 0. The molecule has 3 saturated heterocycles. The average Bonchev–Trinajstić information content (AvgIpc) is 2.79. The molecule has 7 nitrogen and oxygen atoms in total. The van der Waals surface area contributed by atoms with Crippen molar-refractivity contribution in [3.8, 4) is 0 Å². The smallest absolute Gasteiger partial charge is 0.0700 e. The molecular formula is C22H44N4O3. The van der Waals surface area contributed by atoms with E-state index in [2.05, 4.69) is 33.4 Å². The fourth-order valence-electron chi connectivity index (χ4n) is 4.47. The van der Waals surface area contributed by atoms with Gasteiger partial charge in [0, 0.05) is 78.5 Å². The molecule has 0 amide bonds. The number of hydrogen-bond acceptors (Lipinski definition) is 7. The maximum atomic E-state index is 5.85. The summed E-state index contributed by atoms with van der Waals surface area (Å²) in [5.41, 5.74) is 0. The van der Waals surface area contributed by atoms with Gasteiger partial charge in [-0.15, -0.1) is 0 Å². The molecule has 0 N–H and O–H groups in total. The Labute approximate surface area is 178 Å². The maximum Gasteiger partial charge on any atom is 0.0700 e. The van der Waals surface area contributed by atoms with Crippen LogP contribution in [-0.2, 0) is 14.2 Å². The van der Waals surface area contributed by atoms with Crippen LogP contribution >= 0.6 is 0 Å². The Bertz CT molecular complexity index is 408. The predicted molar refractivity (Wildman–Crippen MR) is 117 cm³/mol. The zero-order valence-corrected chi connectivity index (χ0v) is 18.9. The van der Waals surface area contributed by atoms with Crippen LogP contribution in [0, 0.1) is 0 Å². The molecule has 0 aliphatic carbocycles. The molecule has 0 aromatic rings. The highest BCUT2D eigenvalue weighted by Crippen LogP contribution is 2.10. The number of morpholine rings is 3. The summed E-state index contributed by atoms with van der Waals surface area (Å²) >= 11 is 0. The summed E-state index contributed by atoms with van der Waals surface area (Å²) in [4.78, 5) is 10.4. The Morgan fingerprint density at radius 2 is 1.10 bits per heavy atom. The monoisotopic (exact) mass is 412 g/mol. The summed E-state index contributed by atoms with van der Waals surface area (Å²) in [6.45, 7) is 21.5. The van der Waals surface area contributed by atoms with E-state index in [-0.39, 0.29) is 0 Å². The normalized spacial score (nSPS) is 28.2. The largest absolute Gasteiger partial charge is 0.379 e. The second kappa shape index (κ2) is 13.2. The van der Waals surface area contributed by atoms with Gasteiger partial charge in [0.2, 0.25) is 0 Å². The number of nitrogens with zero attached hydrogens (tertiary/aromatic N) is 4. The van der Waals surface area contributed by atoms with Gasteiger partial charge in [-0.1, -0.05) is 13.8 Å². The van der Waals surface area contributed by atoms with Crippen molar-refractivity contribution in [1.82, 2.24) is 19.6 Å². The van der Waals surface area contributed by atoms with Gasteiger partial charge in [-0.2, -0.15) is 0 Å². The van der Waals surface area contributed by atoms with Gasteiger partial charge in [0.25, 0.3) is 0 Å². The predicted octanol–water partition coefficient (Wildman–Crippen LogP) is 0.842. The standard InChI is InChI=1S/C22H44N4O3/c1-3-21-19-25(13-17-28-21)9-7-23(5-6-24-11-15-27-16-12-24)8-10-26-14-18-29-22(4-2)20-26/h21-22H,3-20H2,1-2H3. The third-order valence-corrected chi connectivity index (χ3v) is 6.66. The molecule has 2 atom stereocenters. The fourth-order valence-corrected chi connectivity index (χ4v) is 4.47. The minimum Gasteiger partial charge on any atom is -0.379 e. The van der Waals surface area contributed by atoms with Crippen molar-refractivity contribution >= 4 is 0 Å². The van der Waals surface area contributed by atoms with Gasteiger partial charge >= 0.3 is 0 Å². The maximum absolute atomic E-state index is 5.85. The molecule has 170 valence electrons. The minimum atomic E-state index is 0.421. The minimum absolute atomic E-state index is 0.421. The number of hydrogen-bond donors (Lipinski definition) is 0. The molecule has 0 spiro atoms. The first-order valence-corrected chi connectivity index (χ1v) is 12.0. The lowest BCUT2D eigenvalue weighted by molar-refractivity contribution is -0.0367. The van der Waals surface area contributed by atoms with Crippen LogP contribution in [0.5, 0.6) is 0 Å². The zero-order chi connectivity index (χ0) is 20.3. The third kappa shape index (κ3) is 8.40. The molecule has 2 unspecified atom stereocenters. The zero-order valence-electron chi connectivity index (χ0n) is 18.9. The van der Waals surface area contributed by atoms with E-state index in [1.54, 1.807) is 0 Å². The van der Waals surface area contributed by atoms with Crippen molar-refractivity contribution in [3.63, 3.8) is 0 Å². The Balaban J connectivity index is 1.44. The molecule has 0 saturated carbocycles. The lowest BCUT2D eigenvalue weighted by atomic mass is 10.2. The fraction of sp³-hybridized carbons (Fsp3) is 1.00. The summed E-state index contributed by atoms with van der Waals surface area (Å²) < 4.78 is 17.2. The Morgan fingerprint density at radius 3 is 1.59 bits per heavy atom. The van der Waals surface area contributed by atoms with Crippen molar-refractivity contribution in [1.29, 1.82) is 0 Å². The van der Waals surface area contributed by atoms with Gasteiger partial charge in [-0.25, -0.2) is 0 Å². The summed E-state index contributed by atoms with van der Waals surface area (Å²) in [6.07, 6.45) is 3.08. The van der Waals surface area contributed by atoms with Crippen molar-refractivity contribution in [2.75, 3.05) is 105 Å². The second-order valence-electron chi connectivity index (χ2n) is 8.70. The van der Waals surface area contributed by atoms with Crippen LogP contribution in [0.2, 0.25) is 0 Å². The first kappa shape index (κ1) is 23.4. The van der Waals surface area contributed by atoms with Gasteiger partial charge in [-0.05, 0) is 12.8 Å². The van der Waals surface area contributed by atoms with Crippen LogP contribution in [0.4, 0.5) is 0 Å². The lowest BCUT2D eigenvalue weighted by Crippen LogP contribution is -2.49. The quantitative estimate of drug-likeness (QED) is 0.498. The third-order valence-electron chi connectivity index (χ3n) is 6.66. The molecule has 3 aliphatic heterocycles. The second-order valence-corrected chi connectivity index (χ2v) is 8.70. The number of rotatable bonds is 11. The van der Waals surface area contributed by atoms with E-state index in [1.807, 2.05) is 0 Å². The SMILES string of the molecule is CCC1CN(CCN(CCN2CCOCC2)CCN2CCOC(CC)C2)CCO1. The molecule has 7 heteroatoms. The highest BCUT2D eigenvalue weighted by molar-refractivity contribution is 4.75. The Kier molecular flexibility index (Phi) is 10.6. The average molecular weight is 413 g/mol. The topological polar surface area (TPSA) is 40.7 Å². The van der Waals surface area contributed by atoms with Crippen LogP contribution in [0.15, 0.2) is 0 Å². The van der Waals surface area contributed by atoms with Gasteiger partial charge in [0.15, 0.2) is 0 Å². The molecule has 3 rings (SSSR count). The van der Waals surface area contributed by atoms with Crippen molar-refractivity contribution in [2.45, 2.75) is 38.9 Å². The highest BCUT2D eigenvalue weighted by atomic mass is 16.5. The Hall–Kier alpha value is -0.280. The molecular weight excluding hydrogens is 368 g/mol. The molecule has 0 aromatic carbocycles. The first-order chi connectivity index (χ1) is 14.3. The van der Waals surface area contributed by atoms with Crippen molar-refractivity contribution in [2.24, 2.45) is 0 Å². The van der Waals surface area contributed by atoms with Crippen LogP contribution in [-0.4, -0.2) is 137 Å². The van der Waals surface area contributed by atoms with E-state index in [4.69, 9.17) is 14.2 Å². The van der Waals surface area contributed by atoms with Crippen LogP contribution in [0.3, 0.4) is 0 Å². The number of ether oxygens (including phenoxy) is 3. The van der Waals surface area contributed by atoms with Crippen LogP contribution in [0.25, 0.3) is 0 Å². The van der Waals surface area contributed by atoms with Crippen LogP contribution < -0.4 is 0 Å². The van der Waals surface area contributed by atoms with Crippen LogP contribution in [0.1, 0.15) is 26.7 Å². The van der Waals surface area contributed by atoms with E-state index in [0.29, 0.717) is 12.2 Å². The summed E-state index contributed by atoms with van der Waals surface area (Å²) in [6, 6.07) is 0. The van der Waals surface area contributed by atoms with E-state index in [9.17, 15) is 0 Å². The van der Waals surface area contributed by atoms with E-state index in [0.717, 1.165) is 118 Å². The van der Waals surface area contributed by atoms with Gasteiger partial charge in [0.05, 0.1) is 38.6 Å². The van der Waals surface area contributed by atoms with Gasteiger partial charge in [0.1, 0.15) is 0 Å². The summed E-state index contributed by atoms with van der Waals surface area (Å²) in [5, 5.41) is 0. The molecule has 3 heterocycles. The van der Waals surface area contributed by atoms with E-state index >= 15 is 0 Å². The Morgan fingerprint density at radius 1 is 0.655 bits per heavy atom. The highest BCUT2D eigenvalue weighted by Gasteiger charge is 2.22. The molecule has 0 radical (unpaired) electrons. The molecule has 3 fully saturated rings. The molecule has 29 heavy (non-hydrogen) atoms. The first-order valence-electron chi connectivity index (χ1n) is 12.0. The lowest BCUT2D eigenvalue weighted by Gasteiger charge is -2.36. The van der Waals surface area contributed by atoms with Crippen molar-refractivity contribution in [3.05, 3.63) is 0 Å². The summed E-state index contributed by atoms with van der Waals surface area (Å²) in [5.74, 6) is 0. The molecule has 0 aromatic heterocycles. The molecule has 0 bridgehead atoms. The molecule has 3 aliphatic rings. The van der Waals surface area contributed by atoms with Crippen molar-refractivity contribution < 1.29 is 14.2 Å².